The summed E-state index contributed by atoms with van der Waals surface area (Å²) in [7, 11) is 0. The van der Waals surface area contributed by atoms with E-state index in [0.717, 1.165) is 5.92 Å². The molecule has 2 nitrogen and oxygen atoms in total. The highest BCUT2D eigenvalue weighted by molar-refractivity contribution is 5.25. The van der Waals surface area contributed by atoms with Gasteiger partial charge >= 0.3 is 0 Å². The van der Waals surface area contributed by atoms with Gasteiger partial charge in [0.15, 0.2) is 0 Å². The average molecular weight is 260 g/mol. The Labute approximate surface area is 117 Å². The van der Waals surface area contributed by atoms with Crippen LogP contribution in [0.2, 0.25) is 0 Å². The predicted octanol–water partition coefficient (Wildman–Crippen LogP) is 4.39. The first-order chi connectivity index (χ1) is 9.22. The van der Waals surface area contributed by atoms with Crippen molar-refractivity contribution in [1.29, 1.82) is 0 Å². The summed E-state index contributed by atoms with van der Waals surface area (Å²) in [6.07, 6.45) is 13.3. The zero-order chi connectivity index (χ0) is 13.7. The van der Waals surface area contributed by atoms with E-state index in [1.54, 1.807) is 0 Å². The molecule has 1 saturated carbocycles. The lowest BCUT2D eigenvalue weighted by Gasteiger charge is -2.32. The van der Waals surface area contributed by atoms with Gasteiger partial charge in [0.25, 0.3) is 0 Å². The molecule has 1 aromatic heterocycles. The van der Waals surface area contributed by atoms with Crippen LogP contribution in [0.3, 0.4) is 0 Å². The van der Waals surface area contributed by atoms with Gasteiger partial charge in [0, 0.05) is 18.4 Å². The summed E-state index contributed by atoms with van der Waals surface area (Å²) in [5.74, 6) is 1.61. The Balaban J connectivity index is 1.89. The largest absolute Gasteiger partial charge is 0.324 e. The summed E-state index contributed by atoms with van der Waals surface area (Å²) in [5.41, 5.74) is 9.01. The normalized spacial score (nSPS) is 25.2. The first kappa shape index (κ1) is 14.5. The van der Waals surface area contributed by atoms with Crippen molar-refractivity contribution in [3.8, 4) is 0 Å². The van der Waals surface area contributed by atoms with Crippen LogP contribution in [0, 0.1) is 18.8 Å². The van der Waals surface area contributed by atoms with Gasteiger partial charge in [-0.15, -0.1) is 0 Å². The van der Waals surface area contributed by atoms with Crippen LogP contribution in [0.1, 0.15) is 69.0 Å². The number of pyridine rings is 1. The molecule has 106 valence electrons. The van der Waals surface area contributed by atoms with Crippen LogP contribution < -0.4 is 5.73 Å². The maximum Gasteiger partial charge on any atom is 0.0341 e. The van der Waals surface area contributed by atoms with E-state index in [0.29, 0.717) is 5.92 Å². The fraction of sp³-hybridized carbons (Fsp3) is 0.706. The number of nitrogens with zero attached hydrogens (tertiary/aromatic N) is 1. The van der Waals surface area contributed by atoms with Crippen molar-refractivity contribution in [2.75, 3.05) is 0 Å². The molecular weight excluding hydrogens is 232 g/mol. The van der Waals surface area contributed by atoms with E-state index in [4.69, 9.17) is 5.73 Å². The molecule has 1 fully saturated rings. The second-order valence-electron chi connectivity index (χ2n) is 6.18. The van der Waals surface area contributed by atoms with Gasteiger partial charge in [0.2, 0.25) is 0 Å². The Bertz CT molecular complexity index is 381. The van der Waals surface area contributed by atoms with E-state index in [1.165, 1.54) is 56.1 Å². The maximum atomic E-state index is 6.48. The maximum absolute atomic E-state index is 6.48. The Morgan fingerprint density at radius 3 is 2.68 bits per heavy atom. The summed E-state index contributed by atoms with van der Waals surface area (Å²) in [6.45, 7) is 4.43. The minimum Gasteiger partial charge on any atom is -0.324 e. The van der Waals surface area contributed by atoms with Crippen molar-refractivity contribution < 1.29 is 0 Å². The molecule has 1 unspecified atom stereocenters. The summed E-state index contributed by atoms with van der Waals surface area (Å²) >= 11 is 0. The van der Waals surface area contributed by atoms with Crippen molar-refractivity contribution in [2.24, 2.45) is 17.6 Å². The molecule has 0 amide bonds. The average Bonchev–Trinajstić information content (AvgIpc) is 2.45. The molecule has 0 saturated heterocycles. The van der Waals surface area contributed by atoms with Crippen molar-refractivity contribution >= 4 is 0 Å². The summed E-state index contributed by atoms with van der Waals surface area (Å²) < 4.78 is 0. The van der Waals surface area contributed by atoms with Gasteiger partial charge in [0.1, 0.15) is 0 Å². The zero-order valence-electron chi connectivity index (χ0n) is 12.4. The van der Waals surface area contributed by atoms with Gasteiger partial charge in [-0.2, -0.15) is 0 Å². The molecule has 2 heteroatoms. The lowest BCUT2D eigenvalue weighted by molar-refractivity contribution is 0.232. The zero-order valence-corrected chi connectivity index (χ0v) is 12.4. The van der Waals surface area contributed by atoms with Crippen LogP contribution in [0.5, 0.6) is 0 Å². The quantitative estimate of drug-likeness (QED) is 0.853. The molecule has 1 aliphatic carbocycles. The van der Waals surface area contributed by atoms with E-state index in [-0.39, 0.29) is 6.04 Å². The Morgan fingerprint density at radius 2 is 2.05 bits per heavy atom. The molecule has 2 N–H and O–H groups in total. The van der Waals surface area contributed by atoms with Crippen LogP contribution in [-0.4, -0.2) is 4.98 Å². The Hall–Kier alpha value is -0.890. The highest BCUT2D eigenvalue weighted by Gasteiger charge is 2.26. The van der Waals surface area contributed by atoms with Gasteiger partial charge in [-0.1, -0.05) is 39.0 Å². The van der Waals surface area contributed by atoms with Crippen molar-refractivity contribution in [1.82, 2.24) is 4.98 Å². The molecule has 0 bridgehead atoms. The second-order valence-corrected chi connectivity index (χ2v) is 6.18. The fourth-order valence-electron chi connectivity index (χ4n) is 3.41. The lowest BCUT2D eigenvalue weighted by atomic mass is 9.75. The number of aryl methyl sites for hydroxylation is 1. The van der Waals surface area contributed by atoms with Crippen molar-refractivity contribution in [2.45, 2.75) is 64.8 Å². The molecule has 0 spiro atoms. The van der Waals surface area contributed by atoms with Gasteiger partial charge in [-0.25, -0.2) is 0 Å². The molecule has 1 aliphatic rings. The molecule has 0 radical (unpaired) electrons. The minimum absolute atomic E-state index is 0.181. The first-order valence-corrected chi connectivity index (χ1v) is 7.88. The van der Waals surface area contributed by atoms with E-state index in [1.807, 2.05) is 12.4 Å². The van der Waals surface area contributed by atoms with Gasteiger partial charge in [-0.05, 0) is 48.8 Å². The molecular formula is C17H28N2. The third kappa shape index (κ3) is 3.79. The SMILES string of the molecule is CCCCC1CCC(C(N)c2cnccc2C)CC1. The van der Waals surface area contributed by atoms with Crippen LogP contribution in [0.4, 0.5) is 0 Å². The van der Waals surface area contributed by atoms with Crippen LogP contribution >= 0.6 is 0 Å². The molecule has 1 heterocycles. The Kier molecular flexibility index (Phi) is 5.38. The topological polar surface area (TPSA) is 38.9 Å². The number of unbranched alkanes of at least 4 members (excludes halogenated alkanes) is 1. The highest BCUT2D eigenvalue weighted by Crippen LogP contribution is 2.37. The van der Waals surface area contributed by atoms with Crippen LogP contribution in [-0.2, 0) is 0 Å². The van der Waals surface area contributed by atoms with Crippen LogP contribution in [0.25, 0.3) is 0 Å². The van der Waals surface area contributed by atoms with Crippen molar-refractivity contribution in [3.63, 3.8) is 0 Å². The monoisotopic (exact) mass is 260 g/mol. The summed E-state index contributed by atoms with van der Waals surface area (Å²) in [4.78, 5) is 4.24. The molecule has 1 aromatic rings. The van der Waals surface area contributed by atoms with E-state index >= 15 is 0 Å². The van der Waals surface area contributed by atoms with E-state index in [2.05, 4.69) is 24.9 Å². The predicted molar refractivity (Wildman–Crippen MR) is 80.9 cm³/mol. The third-order valence-electron chi connectivity index (χ3n) is 4.80. The minimum atomic E-state index is 0.181. The number of aromatic nitrogens is 1. The molecule has 19 heavy (non-hydrogen) atoms. The first-order valence-electron chi connectivity index (χ1n) is 7.88. The lowest BCUT2D eigenvalue weighted by Crippen LogP contribution is -2.26. The van der Waals surface area contributed by atoms with Gasteiger partial charge in [-0.3, -0.25) is 4.98 Å². The fourth-order valence-corrected chi connectivity index (χ4v) is 3.41. The molecule has 1 atom stereocenters. The molecule has 0 aromatic carbocycles. The number of nitrogens with two attached hydrogens (primary N) is 1. The number of rotatable bonds is 5. The van der Waals surface area contributed by atoms with E-state index < -0.39 is 0 Å². The Morgan fingerprint density at radius 1 is 1.32 bits per heavy atom. The summed E-state index contributed by atoms with van der Waals surface area (Å²) in [5, 5.41) is 0. The number of hydrogen-bond donors (Lipinski definition) is 1. The van der Waals surface area contributed by atoms with Gasteiger partial charge < -0.3 is 5.73 Å². The second kappa shape index (κ2) is 7.04. The molecule has 2 rings (SSSR count). The standard InChI is InChI=1S/C17H28N2/c1-3-4-5-14-6-8-15(9-7-14)17(18)16-12-19-11-10-13(16)2/h10-12,14-15,17H,3-9,18H2,1-2H3. The summed E-state index contributed by atoms with van der Waals surface area (Å²) in [6, 6.07) is 2.25. The highest BCUT2D eigenvalue weighted by atomic mass is 14.7. The van der Waals surface area contributed by atoms with Crippen LogP contribution in [0.15, 0.2) is 18.5 Å². The number of hydrogen-bond acceptors (Lipinski definition) is 2. The smallest absolute Gasteiger partial charge is 0.0341 e. The van der Waals surface area contributed by atoms with Gasteiger partial charge in [0.05, 0.1) is 0 Å². The van der Waals surface area contributed by atoms with Crippen molar-refractivity contribution in [3.05, 3.63) is 29.6 Å². The molecule has 0 aliphatic heterocycles. The van der Waals surface area contributed by atoms with E-state index in [9.17, 15) is 0 Å². The third-order valence-corrected chi connectivity index (χ3v) is 4.80.